The molecule has 0 atom stereocenters. The van der Waals surface area contributed by atoms with E-state index in [2.05, 4.69) is 68.1 Å². The third-order valence-electron chi connectivity index (χ3n) is 13.8. The number of esters is 1. The highest BCUT2D eigenvalue weighted by atomic mass is 16.5. The fourth-order valence-corrected chi connectivity index (χ4v) is 9.65. The number of fused-ring (bicyclic) bond motifs is 1. The van der Waals surface area contributed by atoms with E-state index in [9.17, 15) is 24.0 Å². The number of carbonyl (C=O) groups excluding carboxylic acids is 5. The van der Waals surface area contributed by atoms with Gasteiger partial charge in [-0.15, -0.1) is 0 Å². The van der Waals surface area contributed by atoms with Crippen molar-refractivity contribution in [3.63, 3.8) is 0 Å². The summed E-state index contributed by atoms with van der Waals surface area (Å²) >= 11 is 0. The predicted octanol–water partition coefficient (Wildman–Crippen LogP) is 16.8. The summed E-state index contributed by atoms with van der Waals surface area (Å²) in [7, 11) is 5.06. The Morgan fingerprint density at radius 2 is 1.23 bits per heavy atom. The molecule has 0 unspecified atom stereocenters. The molecule has 8 aromatic rings. The molecule has 1 aliphatic rings. The summed E-state index contributed by atoms with van der Waals surface area (Å²) in [5, 5.41) is 1.47. The van der Waals surface area contributed by atoms with E-state index >= 15 is 0 Å². The molecule has 7 aromatic carbocycles. The van der Waals surface area contributed by atoms with E-state index in [1.54, 1.807) is 57.4 Å². The van der Waals surface area contributed by atoms with Crippen molar-refractivity contribution in [2.45, 2.75) is 88.5 Å². The topological polar surface area (TPSA) is 148 Å². The lowest BCUT2D eigenvalue weighted by Crippen LogP contribution is -2.26. The second-order valence-corrected chi connectivity index (χ2v) is 19.0. The molecule has 0 bridgehead atoms. The zero-order chi connectivity index (χ0) is 61.3. The van der Waals surface area contributed by atoms with Gasteiger partial charge in [-0.3, -0.25) is 19.4 Å². The van der Waals surface area contributed by atoms with Crippen molar-refractivity contribution in [2.75, 3.05) is 44.3 Å². The van der Waals surface area contributed by atoms with Gasteiger partial charge in [-0.2, -0.15) is 0 Å². The molecule has 9 rings (SSSR count). The van der Waals surface area contributed by atoms with Gasteiger partial charge in [-0.25, -0.2) is 4.79 Å². The number of H-pyrrole nitrogens is 1. The van der Waals surface area contributed by atoms with Gasteiger partial charge >= 0.3 is 5.97 Å². The van der Waals surface area contributed by atoms with Crippen molar-refractivity contribution in [1.82, 2.24) is 4.98 Å². The average molecular weight is 1130 g/mol. The number of aromatic nitrogens is 1. The fourth-order valence-electron chi connectivity index (χ4n) is 9.65. The molecule has 1 amide bonds. The molecule has 2 heterocycles. The molecule has 0 radical (unpaired) electrons. The van der Waals surface area contributed by atoms with E-state index in [4.69, 9.17) is 9.47 Å². The van der Waals surface area contributed by atoms with Gasteiger partial charge in [0.2, 0.25) is 0 Å². The summed E-state index contributed by atoms with van der Waals surface area (Å²) in [6.45, 7) is 20.5. The first-order valence-electron chi connectivity index (χ1n) is 28.6. The number of anilines is 4. The Hall–Kier alpha value is -9.26. The number of nitrogens with one attached hydrogen (secondary N) is 1. The number of hydrogen-bond acceptors (Lipinski definition) is 10. The second kappa shape index (κ2) is 33.0. The van der Waals surface area contributed by atoms with Gasteiger partial charge in [-0.1, -0.05) is 113 Å². The van der Waals surface area contributed by atoms with Crippen molar-refractivity contribution in [3.05, 3.63) is 225 Å². The van der Waals surface area contributed by atoms with Crippen LogP contribution in [0.25, 0.3) is 27.5 Å². The van der Waals surface area contributed by atoms with Gasteiger partial charge in [0, 0.05) is 94.7 Å². The number of hydrogen-bond donors (Lipinski definition) is 1. The van der Waals surface area contributed by atoms with Crippen LogP contribution in [0, 0.1) is 20.8 Å². The quantitative estimate of drug-likeness (QED) is 0.0504. The highest BCUT2D eigenvalue weighted by Crippen LogP contribution is 2.40. The van der Waals surface area contributed by atoms with E-state index < -0.39 is 0 Å². The Labute approximate surface area is 496 Å². The van der Waals surface area contributed by atoms with E-state index in [0.29, 0.717) is 57.8 Å². The zero-order valence-corrected chi connectivity index (χ0v) is 51.0. The van der Waals surface area contributed by atoms with Crippen LogP contribution in [0.15, 0.2) is 180 Å². The maximum Gasteiger partial charge on any atom is 0.339 e. The molecule has 0 fully saturated rings. The Bertz CT molecular complexity index is 3510. The number of ether oxygens (including phenoxy) is 3. The number of para-hydroxylation sites is 2. The average Bonchev–Trinajstić information content (AvgIpc) is 2.29. The minimum Gasteiger partial charge on any atom is -0.497 e. The molecule has 0 spiro atoms. The van der Waals surface area contributed by atoms with Crippen LogP contribution in [-0.4, -0.2) is 75.9 Å². The summed E-state index contributed by atoms with van der Waals surface area (Å²) < 4.78 is 15.1. The van der Waals surface area contributed by atoms with Crippen LogP contribution in [0.3, 0.4) is 0 Å². The Balaban J connectivity index is 0.000000293. The van der Waals surface area contributed by atoms with E-state index in [1.807, 2.05) is 153 Å². The molecule has 1 aromatic heterocycles. The number of amides is 1. The molecular formula is C72H80N4O8. The van der Waals surface area contributed by atoms with Crippen LogP contribution >= 0.6 is 0 Å². The number of rotatable bonds is 18. The van der Waals surface area contributed by atoms with Crippen molar-refractivity contribution in [1.29, 1.82) is 0 Å². The van der Waals surface area contributed by atoms with Gasteiger partial charge in [0.05, 0.1) is 25.0 Å². The number of nitrogens with zero attached hydrogens (tertiary/aromatic N) is 3. The van der Waals surface area contributed by atoms with Crippen LogP contribution in [-0.2, 0) is 25.5 Å². The third-order valence-corrected chi connectivity index (χ3v) is 13.8. The second-order valence-electron chi connectivity index (χ2n) is 19.0. The molecule has 0 aliphatic carbocycles. The molecular weight excluding hydrogens is 1050 g/mol. The number of aliphatic imine (C=N–C) groups is 1. The molecule has 84 heavy (non-hydrogen) atoms. The normalized spacial score (nSPS) is 11.7. The predicted molar refractivity (Wildman–Crippen MR) is 345 cm³/mol. The SMILES string of the molecule is CC.CC.CCOC.CCOC(=O)c1cc(/C(=C2/C=C(C=O)C(C)=N2)c2c(C)cc(OC)cc2C)[nH]c1C.CN(C(=O)c1cccc2c(-c3ccc(N(c4ccccc4)c4ccccc4)cc3)ccc(C=O)c12)c1ccc(CCCC=O)cc1. The van der Waals surface area contributed by atoms with E-state index in [-0.39, 0.29) is 11.9 Å². The van der Waals surface area contributed by atoms with Crippen molar-refractivity contribution < 1.29 is 38.2 Å². The molecule has 1 N–H and O–H groups in total. The first kappa shape index (κ1) is 65.5. The molecule has 0 saturated carbocycles. The monoisotopic (exact) mass is 1130 g/mol. The molecule has 12 heteroatoms. The highest BCUT2D eigenvalue weighted by molar-refractivity contribution is 6.19. The Morgan fingerprint density at radius 1 is 0.643 bits per heavy atom. The van der Waals surface area contributed by atoms with Crippen LogP contribution < -0.4 is 14.5 Å². The van der Waals surface area contributed by atoms with Crippen molar-refractivity contribution in [2.24, 2.45) is 4.99 Å². The maximum atomic E-state index is 13.9. The zero-order valence-electron chi connectivity index (χ0n) is 51.0. The molecule has 436 valence electrons. The number of unbranched alkanes of at least 4 members (excludes halogenated alkanes) is 1. The minimum absolute atomic E-state index is 0.198. The van der Waals surface area contributed by atoms with E-state index in [0.717, 1.165) is 117 Å². The summed E-state index contributed by atoms with van der Waals surface area (Å²) in [6, 6.07) is 51.8. The van der Waals surface area contributed by atoms with Crippen molar-refractivity contribution >= 4 is 75.5 Å². The number of aromatic amines is 1. The van der Waals surface area contributed by atoms with Gasteiger partial charge in [0.15, 0.2) is 12.6 Å². The van der Waals surface area contributed by atoms with Crippen molar-refractivity contribution in [3.8, 4) is 16.9 Å². The standard InChI is InChI=1S/C41H34N2O3.C24H26N2O4.C3H8O.2C2H6/c1-42(33-23-18-30(19-24-33)11-8-9-28-44)41(46)39-17-10-16-38-37(27-22-32(29-45)40(38)39)31-20-25-36(26-21-31)43(34-12-4-2-5-13-34)35-14-6-3-7-15-35;1-7-30-24(28)19-11-21(26-16(19)5)23(20-10-17(12-27)15(4)25-20)22-13(2)8-18(29-6)9-14(22)3;1-3-4-2;2*1-2/h2-7,10,12-29H,8-9,11H2,1H3;8-12,26H,7H2,1-6H3;3H2,1-2H3;2*1-2H3/b;23-20+;;;. The minimum atomic E-state index is -0.375. The molecule has 0 saturated heterocycles. The number of benzene rings is 7. The van der Waals surface area contributed by atoms with Gasteiger partial charge in [0.25, 0.3) is 5.91 Å². The lowest BCUT2D eigenvalue weighted by Gasteiger charge is -2.25. The largest absolute Gasteiger partial charge is 0.497 e. The van der Waals surface area contributed by atoms with Crippen LogP contribution in [0.1, 0.15) is 126 Å². The number of aryl methyl sites for hydroxylation is 4. The van der Waals surface area contributed by atoms with Crippen LogP contribution in [0.5, 0.6) is 5.75 Å². The number of carbonyl (C=O) groups is 5. The number of allylic oxidation sites excluding steroid dienone is 2. The van der Waals surface area contributed by atoms with Crippen LogP contribution in [0.2, 0.25) is 0 Å². The Kier molecular flexibility index (Phi) is 25.7. The summed E-state index contributed by atoms with van der Waals surface area (Å²) in [4.78, 5) is 72.4. The first-order valence-corrected chi connectivity index (χ1v) is 28.6. The maximum absolute atomic E-state index is 13.9. The first-order chi connectivity index (χ1) is 40.8. The Morgan fingerprint density at radius 3 is 1.75 bits per heavy atom. The summed E-state index contributed by atoms with van der Waals surface area (Å²) in [5.74, 6) is 0.194. The third kappa shape index (κ3) is 16.0. The van der Waals surface area contributed by atoms with Crippen LogP contribution in [0.4, 0.5) is 22.7 Å². The number of aldehydes is 3. The summed E-state index contributed by atoms with van der Waals surface area (Å²) in [6.07, 6.45) is 6.48. The lowest BCUT2D eigenvalue weighted by molar-refractivity contribution is -0.108. The molecule has 1 aliphatic heterocycles. The smallest absolute Gasteiger partial charge is 0.339 e. The fraction of sp³-hybridized carbons (Fsp3) is 0.250. The molecule has 12 nitrogen and oxygen atoms in total. The number of methoxy groups -OCH3 is 2. The van der Waals surface area contributed by atoms with Gasteiger partial charge in [-0.05, 0) is 172 Å². The summed E-state index contributed by atoms with van der Waals surface area (Å²) in [5.41, 5.74) is 15.5. The van der Waals surface area contributed by atoms with E-state index in [1.165, 1.54) is 0 Å². The highest BCUT2D eigenvalue weighted by Gasteiger charge is 2.25. The van der Waals surface area contributed by atoms with Gasteiger partial charge in [0.1, 0.15) is 12.0 Å². The lowest BCUT2D eigenvalue weighted by atomic mass is 9.91. The van der Waals surface area contributed by atoms with Gasteiger partial charge < -0.3 is 33.8 Å².